The standard InChI is InChI=1S/C24H42O4/c1-3-5-7-8-11-15-18-22(25)23(26)19-16-12-9-10-13-17-21-28-24(27)20-14-6-4-2/h14,20H,3-13,15-19,21H2,1-2H3/b20-14+. The first-order valence-corrected chi connectivity index (χ1v) is 11.5. The minimum atomic E-state index is -0.252. The first-order chi connectivity index (χ1) is 13.6. The SMILES string of the molecule is CCC/C=C/C(=O)OCCCCCCCCC(=O)C(=O)CCCCCCCC. The molecule has 28 heavy (non-hydrogen) atoms. The van der Waals surface area contributed by atoms with E-state index in [0.717, 1.165) is 64.2 Å². The number of esters is 1. The molecule has 0 aliphatic heterocycles. The highest BCUT2D eigenvalue weighted by Crippen LogP contribution is 2.10. The van der Waals surface area contributed by atoms with E-state index in [0.29, 0.717) is 19.4 Å². The van der Waals surface area contributed by atoms with Crippen LogP contribution in [0.3, 0.4) is 0 Å². The molecule has 0 heterocycles. The minimum absolute atomic E-state index is 0.176. The molecule has 0 bridgehead atoms. The van der Waals surface area contributed by atoms with E-state index < -0.39 is 0 Å². The monoisotopic (exact) mass is 394 g/mol. The van der Waals surface area contributed by atoms with Gasteiger partial charge in [0.1, 0.15) is 0 Å². The summed E-state index contributed by atoms with van der Waals surface area (Å²) >= 11 is 0. The molecule has 162 valence electrons. The Morgan fingerprint density at radius 1 is 0.643 bits per heavy atom. The van der Waals surface area contributed by atoms with Crippen molar-refractivity contribution in [3.63, 3.8) is 0 Å². The Morgan fingerprint density at radius 2 is 1.14 bits per heavy atom. The third-order valence-corrected chi connectivity index (χ3v) is 4.82. The van der Waals surface area contributed by atoms with Crippen molar-refractivity contribution in [2.45, 2.75) is 117 Å². The van der Waals surface area contributed by atoms with Gasteiger partial charge in [0.15, 0.2) is 11.6 Å². The Kier molecular flexibility index (Phi) is 19.2. The molecule has 0 spiro atoms. The molecule has 4 heteroatoms. The number of hydrogen-bond donors (Lipinski definition) is 0. The van der Waals surface area contributed by atoms with E-state index >= 15 is 0 Å². The fourth-order valence-corrected chi connectivity index (χ4v) is 3.01. The number of unbranched alkanes of at least 4 members (excludes halogenated alkanes) is 11. The van der Waals surface area contributed by atoms with Crippen molar-refractivity contribution in [2.24, 2.45) is 0 Å². The molecule has 0 aromatic rings. The van der Waals surface area contributed by atoms with Gasteiger partial charge in [-0.15, -0.1) is 0 Å². The maximum Gasteiger partial charge on any atom is 0.330 e. The summed E-state index contributed by atoms with van der Waals surface area (Å²) in [4.78, 5) is 35.0. The van der Waals surface area contributed by atoms with E-state index in [-0.39, 0.29) is 17.5 Å². The van der Waals surface area contributed by atoms with Gasteiger partial charge in [0.2, 0.25) is 0 Å². The molecule has 0 unspecified atom stereocenters. The molecule has 0 fully saturated rings. The van der Waals surface area contributed by atoms with Gasteiger partial charge < -0.3 is 4.74 Å². The second kappa shape index (κ2) is 20.3. The number of rotatable bonds is 20. The highest BCUT2D eigenvalue weighted by Gasteiger charge is 2.12. The lowest BCUT2D eigenvalue weighted by molar-refractivity contribution is -0.137. The van der Waals surface area contributed by atoms with Gasteiger partial charge in [-0.1, -0.05) is 84.1 Å². The lowest BCUT2D eigenvalue weighted by Crippen LogP contribution is -2.13. The van der Waals surface area contributed by atoms with Gasteiger partial charge in [-0.05, 0) is 25.7 Å². The van der Waals surface area contributed by atoms with Crippen LogP contribution in [0.15, 0.2) is 12.2 Å². The molecule has 4 nitrogen and oxygen atoms in total. The third-order valence-electron chi connectivity index (χ3n) is 4.82. The van der Waals surface area contributed by atoms with Crippen LogP contribution < -0.4 is 0 Å². The van der Waals surface area contributed by atoms with Crippen molar-refractivity contribution in [3.05, 3.63) is 12.2 Å². The van der Waals surface area contributed by atoms with Gasteiger partial charge in [0.25, 0.3) is 0 Å². The van der Waals surface area contributed by atoms with E-state index in [1.54, 1.807) is 0 Å². The number of hydrogen-bond acceptors (Lipinski definition) is 4. The quantitative estimate of drug-likeness (QED) is 0.102. The van der Waals surface area contributed by atoms with E-state index in [4.69, 9.17) is 4.74 Å². The van der Waals surface area contributed by atoms with Gasteiger partial charge in [-0.3, -0.25) is 9.59 Å². The summed E-state index contributed by atoms with van der Waals surface area (Å²) in [6.07, 6.45) is 18.7. The van der Waals surface area contributed by atoms with Crippen LogP contribution >= 0.6 is 0 Å². The van der Waals surface area contributed by atoms with Gasteiger partial charge >= 0.3 is 5.97 Å². The molecule has 0 aliphatic rings. The fraction of sp³-hybridized carbons (Fsp3) is 0.792. The van der Waals surface area contributed by atoms with Crippen LogP contribution in [0.4, 0.5) is 0 Å². The summed E-state index contributed by atoms with van der Waals surface area (Å²) in [6.45, 7) is 4.73. The summed E-state index contributed by atoms with van der Waals surface area (Å²) < 4.78 is 5.13. The van der Waals surface area contributed by atoms with Gasteiger partial charge in [0.05, 0.1) is 6.61 Å². The van der Waals surface area contributed by atoms with Crippen LogP contribution in [0, 0.1) is 0 Å². The number of allylic oxidation sites excluding steroid dienone is 1. The Labute approximate surface area is 172 Å². The largest absolute Gasteiger partial charge is 0.463 e. The maximum atomic E-state index is 11.8. The summed E-state index contributed by atoms with van der Waals surface area (Å²) in [5.74, 6) is -0.612. The molecular formula is C24H42O4. The summed E-state index contributed by atoms with van der Waals surface area (Å²) in [7, 11) is 0. The molecule has 0 radical (unpaired) electrons. The van der Waals surface area contributed by atoms with Gasteiger partial charge in [-0.2, -0.15) is 0 Å². The number of Topliss-reactive ketones (excluding diaryl/α,β-unsaturated/α-hetero) is 2. The maximum absolute atomic E-state index is 11.8. The Hall–Kier alpha value is -1.45. The molecule has 0 aromatic carbocycles. The smallest absolute Gasteiger partial charge is 0.330 e. The number of carbonyl (C=O) groups excluding carboxylic acids is 3. The van der Waals surface area contributed by atoms with Crippen molar-refractivity contribution in [1.82, 2.24) is 0 Å². The molecule has 0 saturated carbocycles. The van der Waals surface area contributed by atoms with Gasteiger partial charge in [0, 0.05) is 18.9 Å². The predicted molar refractivity (Wildman–Crippen MR) is 115 cm³/mol. The number of carbonyl (C=O) groups is 3. The highest BCUT2D eigenvalue weighted by molar-refractivity contribution is 6.37. The van der Waals surface area contributed by atoms with Crippen molar-refractivity contribution < 1.29 is 19.1 Å². The molecule has 0 atom stereocenters. The zero-order valence-electron chi connectivity index (χ0n) is 18.3. The first kappa shape index (κ1) is 26.6. The number of ether oxygens (including phenoxy) is 1. The van der Waals surface area contributed by atoms with Crippen LogP contribution in [-0.4, -0.2) is 24.1 Å². The van der Waals surface area contributed by atoms with E-state index in [1.165, 1.54) is 31.8 Å². The second-order valence-electron chi connectivity index (χ2n) is 7.59. The van der Waals surface area contributed by atoms with E-state index in [1.807, 2.05) is 6.08 Å². The average Bonchev–Trinajstić information content (AvgIpc) is 2.69. The van der Waals surface area contributed by atoms with Gasteiger partial charge in [-0.25, -0.2) is 4.79 Å². The van der Waals surface area contributed by atoms with Crippen LogP contribution in [0.25, 0.3) is 0 Å². The fourth-order valence-electron chi connectivity index (χ4n) is 3.01. The lowest BCUT2D eigenvalue weighted by Gasteiger charge is -2.03. The van der Waals surface area contributed by atoms with Crippen LogP contribution in [-0.2, 0) is 19.1 Å². The molecule has 0 saturated heterocycles. The molecule has 0 rings (SSSR count). The summed E-state index contributed by atoms with van der Waals surface area (Å²) in [5, 5.41) is 0. The van der Waals surface area contributed by atoms with Crippen molar-refractivity contribution in [1.29, 1.82) is 0 Å². The molecule has 0 amide bonds. The Bertz CT molecular complexity index is 440. The van der Waals surface area contributed by atoms with Crippen LogP contribution in [0.2, 0.25) is 0 Å². The van der Waals surface area contributed by atoms with Crippen LogP contribution in [0.5, 0.6) is 0 Å². The first-order valence-electron chi connectivity index (χ1n) is 11.5. The highest BCUT2D eigenvalue weighted by atomic mass is 16.5. The molecule has 0 aromatic heterocycles. The lowest BCUT2D eigenvalue weighted by atomic mass is 10.0. The average molecular weight is 395 g/mol. The summed E-state index contributed by atoms with van der Waals surface area (Å²) in [5.41, 5.74) is 0. The zero-order chi connectivity index (χ0) is 20.9. The van der Waals surface area contributed by atoms with Crippen molar-refractivity contribution in [3.8, 4) is 0 Å². The van der Waals surface area contributed by atoms with E-state index in [2.05, 4.69) is 13.8 Å². The van der Waals surface area contributed by atoms with Crippen LogP contribution in [0.1, 0.15) is 117 Å². The molecule has 0 aliphatic carbocycles. The third kappa shape index (κ3) is 17.9. The van der Waals surface area contributed by atoms with E-state index in [9.17, 15) is 14.4 Å². The molecular weight excluding hydrogens is 352 g/mol. The zero-order valence-corrected chi connectivity index (χ0v) is 18.3. The number of ketones is 2. The molecule has 0 N–H and O–H groups in total. The van der Waals surface area contributed by atoms with Crippen molar-refractivity contribution >= 4 is 17.5 Å². The Balaban J connectivity index is 3.44. The second-order valence-corrected chi connectivity index (χ2v) is 7.59. The minimum Gasteiger partial charge on any atom is -0.463 e. The van der Waals surface area contributed by atoms with Crippen molar-refractivity contribution in [2.75, 3.05) is 6.61 Å². The summed E-state index contributed by atoms with van der Waals surface area (Å²) in [6, 6.07) is 0. The predicted octanol–water partition coefficient (Wildman–Crippen LogP) is 6.51. The topological polar surface area (TPSA) is 60.4 Å². The Morgan fingerprint density at radius 3 is 1.68 bits per heavy atom. The normalized spacial score (nSPS) is 11.1.